The lowest BCUT2D eigenvalue weighted by molar-refractivity contribution is 0.0696. The van der Waals surface area contributed by atoms with Crippen LogP contribution in [0.25, 0.3) is 0 Å². The van der Waals surface area contributed by atoms with Gasteiger partial charge < -0.3 is 15.3 Å². The van der Waals surface area contributed by atoms with Gasteiger partial charge in [0.15, 0.2) is 0 Å². The van der Waals surface area contributed by atoms with Crippen LogP contribution < -0.4 is 5.32 Å². The number of carboxylic acids is 1. The Bertz CT molecular complexity index is 628. The Morgan fingerprint density at radius 2 is 2.24 bits per heavy atom. The number of nitrogens with one attached hydrogen (secondary N) is 1. The number of carboxylic acid groups (broad SMARTS) is 1. The molecule has 0 bridgehead atoms. The third-order valence-electron chi connectivity index (χ3n) is 2.83. The van der Waals surface area contributed by atoms with Crippen molar-refractivity contribution < 1.29 is 14.7 Å². The van der Waals surface area contributed by atoms with E-state index in [2.05, 4.69) is 10.3 Å². The van der Waals surface area contributed by atoms with Gasteiger partial charge in [-0.25, -0.2) is 9.59 Å². The molecule has 0 saturated carbocycles. The zero-order valence-corrected chi connectivity index (χ0v) is 12.3. The number of carbonyl (C=O) groups excluding carboxylic acids is 1. The van der Waals surface area contributed by atoms with Crippen molar-refractivity contribution in [3.63, 3.8) is 0 Å². The molecule has 2 heterocycles. The SMILES string of the molecule is CCN(Cc1cccs1)C(=O)Nc1cncc(C(=O)O)c1. The minimum absolute atomic E-state index is 0.0362. The Morgan fingerprint density at radius 1 is 1.43 bits per heavy atom. The van der Waals surface area contributed by atoms with Gasteiger partial charge in [-0.2, -0.15) is 0 Å². The molecule has 21 heavy (non-hydrogen) atoms. The molecule has 6 nitrogen and oxygen atoms in total. The van der Waals surface area contributed by atoms with E-state index in [1.54, 1.807) is 16.2 Å². The van der Waals surface area contributed by atoms with E-state index < -0.39 is 5.97 Å². The molecule has 110 valence electrons. The molecular weight excluding hydrogens is 290 g/mol. The Kier molecular flexibility index (Phi) is 4.89. The molecule has 2 aromatic rings. The zero-order chi connectivity index (χ0) is 15.2. The summed E-state index contributed by atoms with van der Waals surface area (Å²) in [5.41, 5.74) is 0.402. The quantitative estimate of drug-likeness (QED) is 0.889. The molecule has 7 heteroatoms. The predicted octanol–water partition coefficient (Wildman–Crippen LogP) is 2.90. The molecule has 2 amide bonds. The van der Waals surface area contributed by atoms with Crippen molar-refractivity contribution in [2.45, 2.75) is 13.5 Å². The molecule has 0 aliphatic rings. The normalized spacial score (nSPS) is 10.1. The number of urea groups is 1. The molecule has 2 aromatic heterocycles. The van der Waals surface area contributed by atoms with Gasteiger partial charge in [0.1, 0.15) is 0 Å². The van der Waals surface area contributed by atoms with E-state index in [0.717, 1.165) is 4.88 Å². The van der Waals surface area contributed by atoms with Crippen LogP contribution in [-0.4, -0.2) is 33.5 Å². The first-order chi connectivity index (χ1) is 10.1. The number of pyridine rings is 1. The summed E-state index contributed by atoms with van der Waals surface area (Å²) in [6, 6.07) is 5.00. The van der Waals surface area contributed by atoms with Gasteiger partial charge in [0, 0.05) is 17.6 Å². The Morgan fingerprint density at radius 3 is 2.86 bits per heavy atom. The van der Waals surface area contributed by atoms with Crippen molar-refractivity contribution in [3.8, 4) is 0 Å². The molecular formula is C14H15N3O3S. The summed E-state index contributed by atoms with van der Waals surface area (Å²) in [5, 5.41) is 13.5. The molecule has 2 rings (SSSR count). The lowest BCUT2D eigenvalue weighted by atomic mass is 10.2. The van der Waals surface area contributed by atoms with Crippen LogP contribution in [0.2, 0.25) is 0 Å². The molecule has 0 aliphatic heterocycles. The number of amides is 2. The first kappa shape index (κ1) is 15.0. The number of anilines is 1. The number of thiophene rings is 1. The van der Waals surface area contributed by atoms with Crippen molar-refractivity contribution in [2.24, 2.45) is 0 Å². The van der Waals surface area contributed by atoms with Crippen LogP contribution in [0.3, 0.4) is 0 Å². The number of hydrogen-bond donors (Lipinski definition) is 2. The summed E-state index contributed by atoms with van der Waals surface area (Å²) >= 11 is 1.58. The fraction of sp³-hybridized carbons (Fsp3) is 0.214. The van der Waals surface area contributed by atoms with Crippen molar-refractivity contribution >= 4 is 29.0 Å². The fourth-order valence-corrected chi connectivity index (χ4v) is 2.47. The van der Waals surface area contributed by atoms with Gasteiger partial charge in [-0.15, -0.1) is 11.3 Å². The first-order valence-electron chi connectivity index (χ1n) is 6.36. The van der Waals surface area contributed by atoms with Crippen LogP contribution in [0.5, 0.6) is 0 Å². The van der Waals surface area contributed by atoms with Gasteiger partial charge in [-0.3, -0.25) is 4.98 Å². The fourth-order valence-electron chi connectivity index (χ4n) is 1.75. The summed E-state index contributed by atoms with van der Waals surface area (Å²) in [6.07, 6.45) is 2.66. The van der Waals surface area contributed by atoms with E-state index in [9.17, 15) is 9.59 Å². The summed E-state index contributed by atoms with van der Waals surface area (Å²) in [5.74, 6) is -1.08. The van der Waals surface area contributed by atoms with Crippen molar-refractivity contribution in [1.29, 1.82) is 0 Å². The maximum Gasteiger partial charge on any atom is 0.337 e. The number of aromatic carboxylic acids is 1. The van der Waals surface area contributed by atoms with Crippen LogP contribution in [0.1, 0.15) is 22.2 Å². The van der Waals surface area contributed by atoms with Gasteiger partial charge in [-0.1, -0.05) is 6.07 Å². The van der Waals surface area contributed by atoms with E-state index in [0.29, 0.717) is 18.8 Å². The maximum absolute atomic E-state index is 12.2. The first-order valence-corrected chi connectivity index (χ1v) is 7.24. The van der Waals surface area contributed by atoms with Crippen molar-refractivity contribution in [2.75, 3.05) is 11.9 Å². The van der Waals surface area contributed by atoms with Crippen molar-refractivity contribution in [3.05, 3.63) is 46.4 Å². The van der Waals surface area contributed by atoms with Gasteiger partial charge in [-0.05, 0) is 24.4 Å². The average Bonchev–Trinajstić information content (AvgIpc) is 2.97. The van der Waals surface area contributed by atoms with Crippen LogP contribution in [0.15, 0.2) is 36.0 Å². The van der Waals surface area contributed by atoms with Gasteiger partial charge >= 0.3 is 12.0 Å². The topological polar surface area (TPSA) is 82.5 Å². The number of aromatic nitrogens is 1. The molecule has 0 unspecified atom stereocenters. The third kappa shape index (κ3) is 4.03. The highest BCUT2D eigenvalue weighted by atomic mass is 32.1. The summed E-state index contributed by atoms with van der Waals surface area (Å²) in [6.45, 7) is 2.96. The second kappa shape index (κ2) is 6.85. The minimum atomic E-state index is -1.08. The molecule has 0 fully saturated rings. The minimum Gasteiger partial charge on any atom is -0.478 e. The van der Waals surface area contributed by atoms with Crippen LogP contribution in [0, 0.1) is 0 Å². The Labute approximate surface area is 126 Å². The molecule has 0 aromatic carbocycles. The number of rotatable bonds is 5. The Balaban J connectivity index is 2.05. The smallest absolute Gasteiger partial charge is 0.337 e. The zero-order valence-electron chi connectivity index (χ0n) is 11.4. The molecule has 0 spiro atoms. The maximum atomic E-state index is 12.2. The van der Waals surface area contributed by atoms with Crippen molar-refractivity contribution in [1.82, 2.24) is 9.88 Å². The molecule has 2 N–H and O–H groups in total. The van der Waals surface area contributed by atoms with Gasteiger partial charge in [0.05, 0.1) is 24.0 Å². The van der Waals surface area contributed by atoms with E-state index in [1.807, 2.05) is 24.4 Å². The lowest BCUT2D eigenvalue weighted by Gasteiger charge is -2.20. The van der Waals surface area contributed by atoms with Crippen LogP contribution >= 0.6 is 11.3 Å². The number of carbonyl (C=O) groups is 2. The van der Waals surface area contributed by atoms with Gasteiger partial charge in [0.2, 0.25) is 0 Å². The summed E-state index contributed by atoms with van der Waals surface area (Å²) in [7, 11) is 0. The number of hydrogen-bond acceptors (Lipinski definition) is 4. The summed E-state index contributed by atoms with van der Waals surface area (Å²) in [4.78, 5) is 29.6. The molecule has 0 saturated heterocycles. The standard InChI is InChI=1S/C14H15N3O3S/c1-2-17(9-12-4-3-5-21-12)14(20)16-11-6-10(13(18)19)7-15-8-11/h3-8H,2,9H2,1H3,(H,16,20)(H,18,19). The largest absolute Gasteiger partial charge is 0.478 e. The van der Waals surface area contributed by atoms with Crippen LogP contribution in [-0.2, 0) is 6.54 Å². The molecule has 0 aliphatic carbocycles. The van der Waals surface area contributed by atoms with E-state index in [4.69, 9.17) is 5.11 Å². The number of nitrogens with zero attached hydrogens (tertiary/aromatic N) is 2. The average molecular weight is 305 g/mol. The molecule has 0 atom stereocenters. The Hall–Kier alpha value is -2.41. The third-order valence-corrected chi connectivity index (χ3v) is 3.69. The highest BCUT2D eigenvalue weighted by Gasteiger charge is 2.14. The van der Waals surface area contributed by atoms with E-state index in [-0.39, 0.29) is 11.6 Å². The highest BCUT2D eigenvalue weighted by molar-refractivity contribution is 7.09. The highest BCUT2D eigenvalue weighted by Crippen LogP contribution is 2.14. The second-order valence-electron chi connectivity index (χ2n) is 4.29. The predicted molar refractivity (Wildman–Crippen MR) is 80.6 cm³/mol. The van der Waals surface area contributed by atoms with E-state index >= 15 is 0 Å². The van der Waals surface area contributed by atoms with Crippen LogP contribution in [0.4, 0.5) is 10.5 Å². The van der Waals surface area contributed by atoms with Gasteiger partial charge in [0.25, 0.3) is 0 Å². The second-order valence-corrected chi connectivity index (χ2v) is 5.32. The van der Waals surface area contributed by atoms with E-state index in [1.165, 1.54) is 18.5 Å². The summed E-state index contributed by atoms with van der Waals surface area (Å²) < 4.78 is 0. The molecule has 0 radical (unpaired) electrons. The lowest BCUT2D eigenvalue weighted by Crippen LogP contribution is -2.34. The monoisotopic (exact) mass is 305 g/mol.